The molecule has 5 heteroatoms. The number of hydrogen-bond acceptors (Lipinski definition) is 3. The summed E-state index contributed by atoms with van der Waals surface area (Å²) in [6, 6.07) is 25.0. The standard InChI is InChI=1S/C23H20BrNO3/c24-17-11-12-21-20(14-17)23(22(26)27,25-18-9-5-2-6-10-18)15-19(28-21)13-16-7-3-1-4-8-16/h1-12,14,19,25H,13,15H2,(H,26,27)/t19-,23?/m1/s1. The summed E-state index contributed by atoms with van der Waals surface area (Å²) < 4.78 is 7.03. The van der Waals surface area contributed by atoms with E-state index in [1.165, 1.54) is 0 Å². The van der Waals surface area contributed by atoms with E-state index in [-0.39, 0.29) is 6.10 Å². The van der Waals surface area contributed by atoms with Gasteiger partial charge >= 0.3 is 5.97 Å². The van der Waals surface area contributed by atoms with Crippen LogP contribution in [0.1, 0.15) is 17.5 Å². The number of carboxylic acid groups (broad SMARTS) is 1. The molecule has 0 aromatic heterocycles. The summed E-state index contributed by atoms with van der Waals surface area (Å²) >= 11 is 3.47. The Morgan fingerprint density at radius 2 is 1.75 bits per heavy atom. The van der Waals surface area contributed by atoms with Gasteiger partial charge in [0, 0.05) is 28.6 Å². The molecule has 2 N–H and O–H groups in total. The molecule has 1 aliphatic heterocycles. The molecule has 0 aliphatic carbocycles. The molecule has 3 aromatic carbocycles. The van der Waals surface area contributed by atoms with Gasteiger partial charge in [-0.1, -0.05) is 64.5 Å². The second kappa shape index (κ2) is 7.68. The number of fused-ring (bicyclic) bond motifs is 1. The molecule has 0 amide bonds. The molecule has 0 saturated carbocycles. The number of rotatable bonds is 5. The quantitative estimate of drug-likeness (QED) is 0.573. The van der Waals surface area contributed by atoms with Crippen molar-refractivity contribution in [3.05, 3.63) is 94.5 Å². The molecule has 142 valence electrons. The minimum Gasteiger partial charge on any atom is -0.490 e. The lowest BCUT2D eigenvalue weighted by atomic mass is 9.80. The maximum absolute atomic E-state index is 12.6. The Morgan fingerprint density at radius 1 is 1.07 bits per heavy atom. The van der Waals surface area contributed by atoms with Gasteiger partial charge < -0.3 is 15.2 Å². The Hall–Kier alpha value is -2.79. The normalized spacial score (nSPS) is 20.7. The SMILES string of the molecule is O=C(O)C1(Nc2ccccc2)C[C@@H](Cc2ccccc2)Oc2ccc(Br)cc21. The zero-order valence-electron chi connectivity index (χ0n) is 15.1. The molecule has 3 aromatic rings. The van der Waals surface area contributed by atoms with E-state index in [1.54, 1.807) is 0 Å². The molecule has 1 heterocycles. The summed E-state index contributed by atoms with van der Waals surface area (Å²) in [6.07, 6.45) is 0.695. The third-order valence-electron chi connectivity index (χ3n) is 5.03. The number of carboxylic acids is 1. The fourth-order valence-corrected chi connectivity index (χ4v) is 4.11. The van der Waals surface area contributed by atoms with Crippen LogP contribution in [-0.2, 0) is 16.8 Å². The Morgan fingerprint density at radius 3 is 2.43 bits per heavy atom. The number of ether oxygens (including phenoxy) is 1. The topological polar surface area (TPSA) is 58.6 Å². The van der Waals surface area contributed by atoms with E-state index in [4.69, 9.17) is 4.74 Å². The van der Waals surface area contributed by atoms with Crippen LogP contribution in [0.4, 0.5) is 5.69 Å². The fraction of sp³-hybridized carbons (Fsp3) is 0.174. The van der Waals surface area contributed by atoms with Crippen LogP contribution in [0.2, 0.25) is 0 Å². The number of nitrogens with one attached hydrogen (secondary N) is 1. The van der Waals surface area contributed by atoms with Gasteiger partial charge in [0.15, 0.2) is 5.54 Å². The largest absolute Gasteiger partial charge is 0.490 e. The van der Waals surface area contributed by atoms with E-state index in [0.29, 0.717) is 24.2 Å². The van der Waals surface area contributed by atoms with E-state index < -0.39 is 11.5 Å². The van der Waals surface area contributed by atoms with Crippen molar-refractivity contribution in [3.63, 3.8) is 0 Å². The average molecular weight is 438 g/mol. The van der Waals surface area contributed by atoms with E-state index in [0.717, 1.165) is 15.7 Å². The highest BCUT2D eigenvalue weighted by molar-refractivity contribution is 9.10. The van der Waals surface area contributed by atoms with Crippen LogP contribution in [0, 0.1) is 0 Å². The van der Waals surface area contributed by atoms with Crippen molar-refractivity contribution in [2.75, 3.05) is 5.32 Å². The van der Waals surface area contributed by atoms with Gasteiger partial charge in [-0.3, -0.25) is 0 Å². The first-order chi connectivity index (χ1) is 13.6. The van der Waals surface area contributed by atoms with Crippen molar-refractivity contribution in [1.82, 2.24) is 0 Å². The first kappa shape index (κ1) is 18.6. The van der Waals surface area contributed by atoms with Gasteiger partial charge in [0.1, 0.15) is 11.9 Å². The van der Waals surface area contributed by atoms with E-state index >= 15 is 0 Å². The number of hydrogen-bond donors (Lipinski definition) is 2. The van der Waals surface area contributed by atoms with Gasteiger partial charge in [-0.25, -0.2) is 4.79 Å². The predicted octanol–water partition coefficient (Wildman–Crippen LogP) is 5.23. The second-order valence-corrected chi connectivity index (χ2v) is 7.89. The molecule has 0 saturated heterocycles. The number of anilines is 1. The van der Waals surface area contributed by atoms with Crippen molar-refractivity contribution in [2.45, 2.75) is 24.5 Å². The van der Waals surface area contributed by atoms with Gasteiger partial charge in [-0.15, -0.1) is 0 Å². The van der Waals surface area contributed by atoms with Crippen molar-refractivity contribution < 1.29 is 14.6 Å². The summed E-state index contributed by atoms with van der Waals surface area (Å²) in [4.78, 5) is 12.6. The summed E-state index contributed by atoms with van der Waals surface area (Å²) in [5.74, 6) is -0.321. The highest BCUT2D eigenvalue weighted by Gasteiger charge is 2.48. The minimum absolute atomic E-state index is 0.261. The molecule has 0 fully saturated rings. The molecule has 28 heavy (non-hydrogen) atoms. The van der Waals surface area contributed by atoms with Gasteiger partial charge in [0.05, 0.1) is 0 Å². The number of halogens is 1. The summed E-state index contributed by atoms with van der Waals surface area (Å²) in [5.41, 5.74) is 1.23. The molecule has 0 radical (unpaired) electrons. The van der Waals surface area contributed by atoms with Crippen LogP contribution < -0.4 is 10.1 Å². The summed E-state index contributed by atoms with van der Waals surface area (Å²) in [7, 11) is 0. The Balaban J connectivity index is 1.77. The van der Waals surface area contributed by atoms with Gasteiger partial charge in [-0.2, -0.15) is 0 Å². The van der Waals surface area contributed by atoms with Crippen molar-refractivity contribution in [2.24, 2.45) is 0 Å². The maximum atomic E-state index is 12.6. The first-order valence-electron chi connectivity index (χ1n) is 9.14. The van der Waals surface area contributed by atoms with Crippen LogP contribution in [0.3, 0.4) is 0 Å². The van der Waals surface area contributed by atoms with Crippen LogP contribution >= 0.6 is 15.9 Å². The molecule has 1 aliphatic rings. The highest BCUT2D eigenvalue weighted by atomic mass is 79.9. The number of benzene rings is 3. The molecular formula is C23H20BrNO3. The zero-order chi connectivity index (χ0) is 19.6. The van der Waals surface area contributed by atoms with Crippen molar-refractivity contribution in [1.29, 1.82) is 0 Å². The molecule has 4 rings (SSSR count). The molecule has 0 bridgehead atoms. The van der Waals surface area contributed by atoms with Crippen LogP contribution in [-0.4, -0.2) is 17.2 Å². The third kappa shape index (κ3) is 3.62. The second-order valence-electron chi connectivity index (χ2n) is 6.98. The first-order valence-corrected chi connectivity index (χ1v) is 9.93. The lowest BCUT2D eigenvalue weighted by Gasteiger charge is -2.40. The lowest BCUT2D eigenvalue weighted by molar-refractivity contribution is -0.144. The Labute approximate surface area is 172 Å². The lowest BCUT2D eigenvalue weighted by Crippen LogP contribution is -2.50. The molecular weight excluding hydrogens is 418 g/mol. The van der Waals surface area contributed by atoms with E-state index in [2.05, 4.69) is 21.2 Å². The summed E-state index contributed by atoms with van der Waals surface area (Å²) in [5, 5.41) is 13.6. The predicted molar refractivity (Wildman–Crippen MR) is 113 cm³/mol. The Kier molecular flexibility index (Phi) is 5.09. The number of aliphatic carboxylic acids is 1. The number of para-hydroxylation sites is 1. The van der Waals surface area contributed by atoms with E-state index in [9.17, 15) is 9.90 Å². The van der Waals surface area contributed by atoms with Gasteiger partial charge in [-0.05, 0) is 35.9 Å². The smallest absolute Gasteiger partial charge is 0.334 e. The molecule has 1 unspecified atom stereocenters. The maximum Gasteiger partial charge on any atom is 0.334 e. The monoisotopic (exact) mass is 437 g/mol. The fourth-order valence-electron chi connectivity index (χ4n) is 3.74. The third-order valence-corrected chi connectivity index (χ3v) is 5.52. The van der Waals surface area contributed by atoms with Gasteiger partial charge in [0.2, 0.25) is 0 Å². The minimum atomic E-state index is -1.28. The van der Waals surface area contributed by atoms with Gasteiger partial charge in [0.25, 0.3) is 0 Å². The molecule has 0 spiro atoms. The van der Waals surface area contributed by atoms with Crippen LogP contribution in [0.5, 0.6) is 5.75 Å². The average Bonchev–Trinajstić information content (AvgIpc) is 2.70. The molecule has 4 nitrogen and oxygen atoms in total. The van der Waals surface area contributed by atoms with Crippen LogP contribution in [0.25, 0.3) is 0 Å². The number of carbonyl (C=O) groups is 1. The summed E-state index contributed by atoms with van der Waals surface area (Å²) in [6.45, 7) is 0. The van der Waals surface area contributed by atoms with Crippen molar-refractivity contribution >= 4 is 27.6 Å². The highest BCUT2D eigenvalue weighted by Crippen LogP contribution is 2.44. The Bertz CT molecular complexity index is 978. The van der Waals surface area contributed by atoms with Crippen molar-refractivity contribution in [3.8, 4) is 5.75 Å². The van der Waals surface area contributed by atoms with Crippen LogP contribution in [0.15, 0.2) is 83.3 Å². The van der Waals surface area contributed by atoms with E-state index in [1.807, 2.05) is 78.9 Å². The zero-order valence-corrected chi connectivity index (χ0v) is 16.7. The molecule has 2 atom stereocenters.